The Hall–Kier alpha value is -2.18. The van der Waals surface area contributed by atoms with E-state index in [4.69, 9.17) is 5.73 Å². The Labute approximate surface area is 114 Å². The van der Waals surface area contributed by atoms with Gasteiger partial charge in [-0.15, -0.1) is 0 Å². The van der Waals surface area contributed by atoms with Gasteiger partial charge in [-0.25, -0.2) is 13.2 Å². The molecule has 0 aliphatic carbocycles. The molecule has 1 aromatic heterocycles. The van der Waals surface area contributed by atoms with Gasteiger partial charge in [0.05, 0.1) is 17.1 Å². The van der Waals surface area contributed by atoms with Crippen LogP contribution in [0.5, 0.6) is 0 Å². The van der Waals surface area contributed by atoms with Crippen LogP contribution in [0.1, 0.15) is 19.0 Å². The van der Waals surface area contributed by atoms with E-state index >= 15 is 0 Å². The Morgan fingerprint density at radius 1 is 1.20 bits per heavy atom. The molecule has 1 aromatic carbocycles. The highest BCUT2D eigenvalue weighted by atomic mass is 19.2. The summed E-state index contributed by atoms with van der Waals surface area (Å²) in [5.74, 6) is -2.93. The summed E-state index contributed by atoms with van der Waals surface area (Å²) in [4.78, 5) is 0. The molecule has 0 aliphatic heterocycles. The van der Waals surface area contributed by atoms with E-state index in [2.05, 4.69) is 10.4 Å². The van der Waals surface area contributed by atoms with Gasteiger partial charge < -0.3 is 11.1 Å². The van der Waals surface area contributed by atoms with Crippen molar-refractivity contribution >= 4 is 17.2 Å². The zero-order chi connectivity index (χ0) is 14.9. The van der Waals surface area contributed by atoms with E-state index in [-0.39, 0.29) is 5.69 Å². The third-order valence-corrected chi connectivity index (χ3v) is 2.91. The summed E-state index contributed by atoms with van der Waals surface area (Å²) in [7, 11) is 1.63. The molecule has 1 heterocycles. The van der Waals surface area contributed by atoms with Crippen molar-refractivity contribution in [1.82, 2.24) is 9.78 Å². The van der Waals surface area contributed by atoms with E-state index in [1.165, 1.54) is 4.68 Å². The smallest absolute Gasteiger partial charge is 0.161 e. The number of hydrogen-bond donors (Lipinski definition) is 2. The van der Waals surface area contributed by atoms with Gasteiger partial charge in [0, 0.05) is 19.2 Å². The average Bonchev–Trinajstić information content (AvgIpc) is 2.64. The van der Waals surface area contributed by atoms with Gasteiger partial charge in [-0.05, 0) is 6.42 Å². The number of nitrogens with two attached hydrogens (primary N) is 1. The molecule has 0 radical (unpaired) electrons. The third kappa shape index (κ3) is 2.56. The lowest BCUT2D eigenvalue weighted by Crippen LogP contribution is -2.04. The minimum atomic E-state index is -1.24. The number of aryl methyl sites for hydroxylation is 2. The molecule has 0 saturated heterocycles. The largest absolute Gasteiger partial charge is 0.394 e. The Bertz CT molecular complexity index is 637. The molecule has 0 spiro atoms. The van der Waals surface area contributed by atoms with Crippen molar-refractivity contribution < 1.29 is 13.2 Å². The van der Waals surface area contributed by atoms with E-state index in [0.29, 0.717) is 29.7 Å². The first-order chi connectivity index (χ1) is 9.43. The quantitative estimate of drug-likeness (QED) is 0.848. The normalized spacial score (nSPS) is 10.8. The molecule has 0 aliphatic rings. The number of anilines is 3. The van der Waals surface area contributed by atoms with Crippen LogP contribution in [0.4, 0.5) is 30.4 Å². The van der Waals surface area contributed by atoms with Crippen molar-refractivity contribution in [2.45, 2.75) is 19.8 Å². The highest BCUT2D eigenvalue weighted by Crippen LogP contribution is 2.28. The van der Waals surface area contributed by atoms with Crippen LogP contribution in [0, 0.1) is 17.5 Å². The molecule has 0 fully saturated rings. The average molecular weight is 284 g/mol. The van der Waals surface area contributed by atoms with Crippen molar-refractivity contribution in [1.29, 1.82) is 0 Å². The summed E-state index contributed by atoms with van der Waals surface area (Å²) in [6.07, 6.45) is 1.54. The molecule has 0 atom stereocenters. The molecule has 4 nitrogen and oxygen atoms in total. The molecule has 0 unspecified atom stereocenters. The molecule has 0 amide bonds. The number of nitrogens with one attached hydrogen (secondary N) is 1. The maximum absolute atomic E-state index is 13.6. The van der Waals surface area contributed by atoms with Gasteiger partial charge in [-0.2, -0.15) is 5.10 Å². The van der Waals surface area contributed by atoms with Crippen LogP contribution in [0.15, 0.2) is 12.1 Å². The fourth-order valence-electron chi connectivity index (χ4n) is 1.91. The topological polar surface area (TPSA) is 55.9 Å². The summed E-state index contributed by atoms with van der Waals surface area (Å²) in [6.45, 7) is 1.98. The summed E-state index contributed by atoms with van der Waals surface area (Å²) < 4.78 is 41.1. The van der Waals surface area contributed by atoms with E-state index in [1.807, 2.05) is 6.92 Å². The second-order valence-corrected chi connectivity index (χ2v) is 4.45. The van der Waals surface area contributed by atoms with Crippen LogP contribution >= 0.6 is 0 Å². The number of rotatable bonds is 4. The minimum Gasteiger partial charge on any atom is -0.394 e. The molecule has 108 valence electrons. The molecule has 2 aromatic rings. The summed E-state index contributed by atoms with van der Waals surface area (Å²) in [6, 6.07) is 1.23. The summed E-state index contributed by atoms with van der Waals surface area (Å²) >= 11 is 0. The molecular weight excluding hydrogens is 269 g/mol. The number of aromatic nitrogens is 2. The number of nitrogen functional groups attached to an aromatic ring is 1. The van der Waals surface area contributed by atoms with Crippen LogP contribution < -0.4 is 11.1 Å². The lowest BCUT2D eigenvalue weighted by molar-refractivity contribution is 0.496. The van der Waals surface area contributed by atoms with Crippen LogP contribution in [0.3, 0.4) is 0 Å². The first-order valence-electron chi connectivity index (χ1n) is 6.17. The highest BCUT2D eigenvalue weighted by molar-refractivity contribution is 5.71. The Morgan fingerprint density at radius 2 is 1.85 bits per heavy atom. The van der Waals surface area contributed by atoms with Gasteiger partial charge in [0.25, 0.3) is 0 Å². The second kappa shape index (κ2) is 5.44. The lowest BCUT2D eigenvalue weighted by atomic mass is 10.2. The predicted molar refractivity (Wildman–Crippen MR) is 71.2 cm³/mol. The fourth-order valence-corrected chi connectivity index (χ4v) is 1.91. The van der Waals surface area contributed by atoms with Crippen molar-refractivity contribution in [3.63, 3.8) is 0 Å². The van der Waals surface area contributed by atoms with Crippen molar-refractivity contribution in [3.05, 3.63) is 35.3 Å². The molecule has 20 heavy (non-hydrogen) atoms. The Morgan fingerprint density at radius 3 is 2.50 bits per heavy atom. The van der Waals surface area contributed by atoms with Crippen LogP contribution in [0.2, 0.25) is 0 Å². The zero-order valence-electron chi connectivity index (χ0n) is 11.2. The number of benzene rings is 1. The fraction of sp³-hybridized carbons (Fsp3) is 0.308. The summed E-state index contributed by atoms with van der Waals surface area (Å²) in [5.41, 5.74) is 6.78. The lowest BCUT2D eigenvalue weighted by Gasteiger charge is -2.09. The van der Waals surface area contributed by atoms with Gasteiger partial charge in [0.15, 0.2) is 17.5 Å². The van der Waals surface area contributed by atoms with E-state index in [1.54, 1.807) is 7.05 Å². The van der Waals surface area contributed by atoms with Gasteiger partial charge in [-0.3, -0.25) is 4.68 Å². The highest BCUT2D eigenvalue weighted by Gasteiger charge is 2.16. The maximum Gasteiger partial charge on any atom is 0.161 e. The first-order valence-corrected chi connectivity index (χ1v) is 6.17. The van der Waals surface area contributed by atoms with Gasteiger partial charge in [0.2, 0.25) is 0 Å². The Kier molecular flexibility index (Phi) is 3.87. The maximum atomic E-state index is 13.6. The van der Waals surface area contributed by atoms with Crippen molar-refractivity contribution in [2.24, 2.45) is 7.05 Å². The standard InChI is InChI=1S/C13H15F3N4/c1-3-4-10-12(17)13(20(2)19-10)18-11-6-8(15)7(14)5-9(11)16/h5-6,18H,3-4,17H2,1-2H3. The van der Waals surface area contributed by atoms with Crippen molar-refractivity contribution in [3.8, 4) is 0 Å². The third-order valence-electron chi connectivity index (χ3n) is 2.91. The van der Waals surface area contributed by atoms with E-state index in [0.717, 1.165) is 12.5 Å². The molecule has 0 bridgehead atoms. The van der Waals surface area contributed by atoms with Gasteiger partial charge in [-0.1, -0.05) is 13.3 Å². The van der Waals surface area contributed by atoms with Gasteiger partial charge >= 0.3 is 0 Å². The van der Waals surface area contributed by atoms with Gasteiger partial charge in [0.1, 0.15) is 5.82 Å². The molecule has 0 saturated carbocycles. The van der Waals surface area contributed by atoms with Crippen molar-refractivity contribution in [2.75, 3.05) is 11.1 Å². The zero-order valence-corrected chi connectivity index (χ0v) is 11.2. The SMILES string of the molecule is CCCc1nn(C)c(Nc2cc(F)c(F)cc2F)c1N. The van der Waals surface area contributed by atoms with E-state index < -0.39 is 17.5 Å². The Balaban J connectivity index is 2.37. The second-order valence-electron chi connectivity index (χ2n) is 4.45. The van der Waals surface area contributed by atoms with Crippen LogP contribution in [-0.4, -0.2) is 9.78 Å². The van der Waals surface area contributed by atoms with E-state index in [9.17, 15) is 13.2 Å². The van der Waals surface area contributed by atoms with Crippen LogP contribution in [0.25, 0.3) is 0 Å². The minimum absolute atomic E-state index is 0.193. The molecular formula is C13H15F3N4. The monoisotopic (exact) mass is 284 g/mol. The molecule has 2 rings (SSSR count). The van der Waals surface area contributed by atoms with Crippen LogP contribution in [-0.2, 0) is 13.5 Å². The molecule has 3 N–H and O–H groups in total. The first kappa shape index (κ1) is 14.2. The number of halogens is 3. The summed E-state index contributed by atoms with van der Waals surface area (Å²) in [5, 5.41) is 6.85. The molecule has 7 heteroatoms. The number of nitrogens with zero attached hydrogens (tertiary/aromatic N) is 2. The number of hydrogen-bond acceptors (Lipinski definition) is 3. The predicted octanol–water partition coefficient (Wildman–Crippen LogP) is 3.12.